The van der Waals surface area contributed by atoms with Gasteiger partial charge in [0.25, 0.3) is 0 Å². The monoisotopic (exact) mass is 260 g/mol. The summed E-state index contributed by atoms with van der Waals surface area (Å²) in [5.74, 6) is -0.420. The van der Waals surface area contributed by atoms with Crippen LogP contribution in [-0.4, -0.2) is 44.7 Å². The van der Waals surface area contributed by atoms with Gasteiger partial charge >= 0.3 is 5.97 Å². The number of ether oxygens (including phenoxy) is 1. The van der Waals surface area contributed by atoms with Crippen molar-refractivity contribution in [3.63, 3.8) is 0 Å². The molecule has 1 fully saturated rings. The van der Waals surface area contributed by atoms with Crippen LogP contribution in [0.25, 0.3) is 11.0 Å². The Balaban J connectivity index is 1.81. The van der Waals surface area contributed by atoms with Crippen molar-refractivity contribution in [1.29, 1.82) is 0 Å². The Labute approximate surface area is 108 Å². The Morgan fingerprint density at radius 3 is 3.11 bits per heavy atom. The van der Waals surface area contributed by atoms with Crippen LogP contribution in [0.2, 0.25) is 0 Å². The summed E-state index contributed by atoms with van der Waals surface area (Å²) < 4.78 is 5.75. The molecule has 1 aliphatic heterocycles. The maximum absolute atomic E-state index is 10.9. The molecule has 0 saturated carbocycles. The van der Waals surface area contributed by atoms with E-state index in [9.17, 15) is 4.79 Å². The third-order valence-corrected chi connectivity index (χ3v) is 3.04. The van der Waals surface area contributed by atoms with E-state index in [1.54, 1.807) is 12.3 Å². The number of rotatable bonds is 3. The summed E-state index contributed by atoms with van der Waals surface area (Å²) in [5.41, 5.74) is 0.563. The van der Waals surface area contributed by atoms with Gasteiger partial charge in [0.15, 0.2) is 5.65 Å². The highest BCUT2D eigenvalue weighted by molar-refractivity contribution is 5.79. The zero-order chi connectivity index (χ0) is 13.2. The van der Waals surface area contributed by atoms with Crippen molar-refractivity contribution in [2.45, 2.75) is 18.6 Å². The fourth-order valence-electron chi connectivity index (χ4n) is 2.11. The van der Waals surface area contributed by atoms with E-state index in [4.69, 9.17) is 9.84 Å². The van der Waals surface area contributed by atoms with E-state index in [1.807, 2.05) is 6.07 Å². The Bertz CT molecular complexity index is 613. The van der Waals surface area contributed by atoms with Crippen LogP contribution in [-0.2, 0) is 4.79 Å². The minimum absolute atomic E-state index is 0.209. The van der Waals surface area contributed by atoms with Crippen LogP contribution in [0.4, 0.5) is 0 Å². The average molecular weight is 260 g/mol. The summed E-state index contributed by atoms with van der Waals surface area (Å²) in [7, 11) is 0. The van der Waals surface area contributed by atoms with E-state index in [-0.39, 0.29) is 6.10 Å². The SMILES string of the molecule is O=C(O)C1CC(Oc2ncnc3ncccc23)CN1. The van der Waals surface area contributed by atoms with E-state index in [0.717, 1.165) is 5.39 Å². The molecule has 3 heterocycles. The molecule has 1 aliphatic rings. The molecule has 19 heavy (non-hydrogen) atoms. The Morgan fingerprint density at radius 1 is 1.42 bits per heavy atom. The van der Waals surface area contributed by atoms with Gasteiger partial charge in [-0.1, -0.05) is 0 Å². The summed E-state index contributed by atoms with van der Waals surface area (Å²) in [4.78, 5) is 23.1. The van der Waals surface area contributed by atoms with E-state index in [2.05, 4.69) is 20.3 Å². The summed E-state index contributed by atoms with van der Waals surface area (Å²) in [5, 5.41) is 12.5. The largest absolute Gasteiger partial charge is 0.480 e. The number of nitrogens with zero attached hydrogens (tertiary/aromatic N) is 3. The molecule has 0 spiro atoms. The molecule has 0 bridgehead atoms. The molecule has 3 rings (SSSR count). The molecule has 2 unspecified atom stereocenters. The predicted octanol–water partition coefficient (Wildman–Crippen LogP) is 0.219. The van der Waals surface area contributed by atoms with Gasteiger partial charge in [-0.15, -0.1) is 0 Å². The van der Waals surface area contributed by atoms with Crippen LogP contribution in [0.1, 0.15) is 6.42 Å². The van der Waals surface area contributed by atoms with Crippen LogP contribution in [0, 0.1) is 0 Å². The lowest BCUT2D eigenvalue weighted by Crippen LogP contribution is -2.30. The molecule has 2 aromatic heterocycles. The Morgan fingerprint density at radius 2 is 2.32 bits per heavy atom. The van der Waals surface area contributed by atoms with Gasteiger partial charge in [0.1, 0.15) is 18.5 Å². The molecular formula is C12H12N4O3. The van der Waals surface area contributed by atoms with Gasteiger partial charge in [-0.25, -0.2) is 15.0 Å². The molecule has 0 radical (unpaired) electrons. The van der Waals surface area contributed by atoms with Crippen LogP contribution >= 0.6 is 0 Å². The van der Waals surface area contributed by atoms with E-state index in [0.29, 0.717) is 24.5 Å². The standard InChI is InChI=1S/C12H12N4O3/c17-12(18)9-4-7(5-14-9)19-11-8-2-1-3-13-10(8)15-6-16-11/h1-3,6-7,9,14H,4-5H2,(H,17,18). The first-order valence-electron chi connectivity index (χ1n) is 5.92. The minimum atomic E-state index is -0.861. The van der Waals surface area contributed by atoms with Gasteiger partial charge in [0.05, 0.1) is 5.39 Å². The van der Waals surface area contributed by atoms with Gasteiger partial charge in [-0.05, 0) is 12.1 Å². The lowest BCUT2D eigenvalue weighted by Gasteiger charge is -2.12. The van der Waals surface area contributed by atoms with E-state index >= 15 is 0 Å². The molecule has 2 aromatic rings. The molecule has 98 valence electrons. The fourth-order valence-corrected chi connectivity index (χ4v) is 2.11. The Kier molecular flexibility index (Phi) is 2.96. The number of hydrogen-bond donors (Lipinski definition) is 2. The van der Waals surface area contributed by atoms with E-state index < -0.39 is 12.0 Å². The van der Waals surface area contributed by atoms with Crippen molar-refractivity contribution in [2.24, 2.45) is 0 Å². The van der Waals surface area contributed by atoms with Crippen molar-refractivity contribution in [2.75, 3.05) is 6.54 Å². The second-order valence-corrected chi connectivity index (χ2v) is 4.33. The molecule has 0 aliphatic carbocycles. The Hall–Kier alpha value is -2.28. The third kappa shape index (κ3) is 2.32. The quantitative estimate of drug-likeness (QED) is 0.814. The van der Waals surface area contributed by atoms with E-state index in [1.165, 1.54) is 6.33 Å². The zero-order valence-corrected chi connectivity index (χ0v) is 9.98. The molecule has 0 amide bonds. The van der Waals surface area contributed by atoms with Gasteiger partial charge in [-0.2, -0.15) is 0 Å². The maximum atomic E-state index is 10.9. The molecule has 0 aromatic carbocycles. The highest BCUT2D eigenvalue weighted by Gasteiger charge is 2.31. The second kappa shape index (κ2) is 4.77. The summed E-state index contributed by atoms with van der Waals surface area (Å²) in [6.45, 7) is 0.489. The highest BCUT2D eigenvalue weighted by atomic mass is 16.5. The van der Waals surface area contributed by atoms with Gasteiger partial charge < -0.3 is 15.2 Å². The van der Waals surface area contributed by atoms with Gasteiger partial charge in [0.2, 0.25) is 5.88 Å². The zero-order valence-electron chi connectivity index (χ0n) is 9.98. The number of aliphatic carboxylic acids is 1. The first-order chi connectivity index (χ1) is 9.24. The normalized spacial score (nSPS) is 22.5. The number of nitrogens with one attached hydrogen (secondary N) is 1. The predicted molar refractivity (Wildman–Crippen MR) is 65.8 cm³/mol. The second-order valence-electron chi connectivity index (χ2n) is 4.33. The maximum Gasteiger partial charge on any atom is 0.320 e. The smallest absolute Gasteiger partial charge is 0.320 e. The first kappa shape index (κ1) is 11.8. The fraction of sp³-hybridized carbons (Fsp3) is 0.333. The number of carbonyl (C=O) groups is 1. The summed E-state index contributed by atoms with van der Waals surface area (Å²) >= 11 is 0. The molecule has 1 saturated heterocycles. The van der Waals surface area contributed by atoms with Crippen LogP contribution in [0.15, 0.2) is 24.7 Å². The van der Waals surface area contributed by atoms with Crippen molar-refractivity contribution in [3.05, 3.63) is 24.7 Å². The number of fused-ring (bicyclic) bond motifs is 1. The number of aromatic nitrogens is 3. The highest BCUT2D eigenvalue weighted by Crippen LogP contribution is 2.22. The van der Waals surface area contributed by atoms with Crippen molar-refractivity contribution in [3.8, 4) is 5.88 Å². The molecule has 7 heteroatoms. The topological polar surface area (TPSA) is 97.2 Å². The number of carboxylic acid groups (broad SMARTS) is 1. The number of carboxylic acids is 1. The lowest BCUT2D eigenvalue weighted by atomic mass is 10.2. The first-order valence-corrected chi connectivity index (χ1v) is 5.92. The molecule has 2 atom stereocenters. The van der Waals surface area contributed by atoms with Crippen LogP contribution in [0.5, 0.6) is 5.88 Å². The average Bonchev–Trinajstić information content (AvgIpc) is 2.88. The lowest BCUT2D eigenvalue weighted by molar-refractivity contribution is -0.139. The van der Waals surface area contributed by atoms with Crippen LogP contribution < -0.4 is 10.1 Å². The molecule has 7 nitrogen and oxygen atoms in total. The van der Waals surface area contributed by atoms with Gasteiger partial charge in [-0.3, -0.25) is 4.79 Å². The van der Waals surface area contributed by atoms with Crippen molar-refractivity contribution < 1.29 is 14.6 Å². The third-order valence-electron chi connectivity index (χ3n) is 3.04. The number of hydrogen-bond acceptors (Lipinski definition) is 6. The van der Waals surface area contributed by atoms with Gasteiger partial charge in [0, 0.05) is 19.2 Å². The summed E-state index contributed by atoms with van der Waals surface area (Å²) in [6.07, 6.45) is 3.25. The molecule has 2 N–H and O–H groups in total. The van der Waals surface area contributed by atoms with Crippen molar-refractivity contribution in [1.82, 2.24) is 20.3 Å². The minimum Gasteiger partial charge on any atom is -0.480 e. The summed E-state index contributed by atoms with van der Waals surface area (Å²) in [6, 6.07) is 3.05. The van der Waals surface area contributed by atoms with Crippen LogP contribution in [0.3, 0.4) is 0 Å². The number of pyridine rings is 1. The van der Waals surface area contributed by atoms with Crippen molar-refractivity contribution >= 4 is 17.0 Å². The molecular weight excluding hydrogens is 248 g/mol.